The highest BCUT2D eigenvalue weighted by molar-refractivity contribution is 6.00. The molecule has 3 rings (SSSR count). The zero-order valence-electron chi connectivity index (χ0n) is 16.1. The summed E-state index contributed by atoms with van der Waals surface area (Å²) in [6, 6.07) is 8.32. The minimum Gasteiger partial charge on any atom is -0.369 e. The number of rotatable bonds is 5. The Kier molecular flexibility index (Phi) is 5.81. The van der Waals surface area contributed by atoms with Crippen LogP contribution in [0.4, 0.5) is 11.4 Å². The van der Waals surface area contributed by atoms with E-state index in [0.29, 0.717) is 13.0 Å². The van der Waals surface area contributed by atoms with Crippen LogP contribution in [-0.4, -0.2) is 62.5 Å². The normalized spacial score (nSPS) is 22.6. The largest absolute Gasteiger partial charge is 0.369 e. The number of benzene rings is 1. The van der Waals surface area contributed by atoms with Gasteiger partial charge in [0.15, 0.2) is 0 Å². The van der Waals surface area contributed by atoms with Gasteiger partial charge in [0.2, 0.25) is 11.8 Å². The number of amides is 2. The molecular formula is C20H30N4O2. The number of hydrogen-bond donors (Lipinski definition) is 1. The van der Waals surface area contributed by atoms with Gasteiger partial charge in [0.25, 0.3) is 0 Å². The lowest BCUT2D eigenvalue weighted by molar-refractivity contribution is -0.126. The number of anilines is 2. The fourth-order valence-corrected chi connectivity index (χ4v) is 3.50. The maximum Gasteiger partial charge on any atom is 0.227 e. The number of carbonyl (C=O) groups excluding carboxylic acids is 2. The van der Waals surface area contributed by atoms with Gasteiger partial charge in [0.1, 0.15) is 0 Å². The van der Waals surface area contributed by atoms with E-state index >= 15 is 0 Å². The molecule has 0 radical (unpaired) electrons. The first kappa shape index (κ1) is 18.7. The van der Waals surface area contributed by atoms with Gasteiger partial charge >= 0.3 is 0 Å². The highest BCUT2D eigenvalue weighted by Crippen LogP contribution is 2.27. The van der Waals surface area contributed by atoms with Crippen molar-refractivity contribution in [1.82, 2.24) is 10.2 Å². The van der Waals surface area contributed by atoms with Crippen LogP contribution < -0.4 is 15.1 Å². The molecule has 2 atom stereocenters. The predicted molar refractivity (Wildman–Crippen MR) is 105 cm³/mol. The van der Waals surface area contributed by atoms with Crippen molar-refractivity contribution in [2.75, 3.05) is 49.6 Å². The number of nitrogens with one attached hydrogen (secondary N) is 1. The van der Waals surface area contributed by atoms with Gasteiger partial charge in [-0.05, 0) is 44.7 Å². The Labute approximate surface area is 156 Å². The second-order valence-electron chi connectivity index (χ2n) is 7.53. The van der Waals surface area contributed by atoms with Crippen LogP contribution in [0.15, 0.2) is 24.3 Å². The van der Waals surface area contributed by atoms with Crippen LogP contribution in [0.5, 0.6) is 0 Å². The van der Waals surface area contributed by atoms with Crippen LogP contribution in [0, 0.1) is 5.92 Å². The molecule has 0 bridgehead atoms. The third kappa shape index (κ3) is 4.18. The molecule has 6 heteroatoms. The smallest absolute Gasteiger partial charge is 0.227 e. The highest BCUT2D eigenvalue weighted by Gasteiger charge is 2.35. The first-order chi connectivity index (χ1) is 12.5. The second-order valence-corrected chi connectivity index (χ2v) is 7.53. The third-order valence-corrected chi connectivity index (χ3v) is 5.53. The van der Waals surface area contributed by atoms with Crippen LogP contribution in [0.25, 0.3) is 0 Å². The molecular weight excluding hydrogens is 328 g/mol. The van der Waals surface area contributed by atoms with Crippen LogP contribution in [0.1, 0.15) is 26.7 Å². The van der Waals surface area contributed by atoms with Crippen LogP contribution in [0.3, 0.4) is 0 Å². The van der Waals surface area contributed by atoms with E-state index in [0.717, 1.165) is 38.3 Å². The zero-order chi connectivity index (χ0) is 18.7. The molecule has 2 aliphatic heterocycles. The van der Waals surface area contributed by atoms with Gasteiger partial charge in [-0.3, -0.25) is 9.59 Å². The van der Waals surface area contributed by atoms with Gasteiger partial charge in [-0.2, -0.15) is 0 Å². The monoisotopic (exact) mass is 358 g/mol. The van der Waals surface area contributed by atoms with E-state index in [1.807, 2.05) is 26.0 Å². The van der Waals surface area contributed by atoms with E-state index in [2.05, 4.69) is 34.3 Å². The van der Waals surface area contributed by atoms with Gasteiger partial charge in [0, 0.05) is 56.6 Å². The Morgan fingerprint density at radius 3 is 2.38 bits per heavy atom. The number of hydrogen-bond acceptors (Lipinski definition) is 4. The zero-order valence-corrected chi connectivity index (χ0v) is 16.1. The molecule has 2 aliphatic rings. The fourth-order valence-electron chi connectivity index (χ4n) is 3.50. The Morgan fingerprint density at radius 2 is 1.77 bits per heavy atom. The molecule has 0 spiro atoms. The quantitative estimate of drug-likeness (QED) is 0.871. The standard InChI is InChI=1S/C20H30N4O2/c1-4-15(2)21-20(26)16-13-19(25)24(14-16)18-7-5-17(6-8-18)23-11-9-22(3)10-12-23/h5-8,15-16H,4,9-14H2,1-3H3,(H,21,26). The van der Waals surface area contributed by atoms with Crippen LogP contribution in [-0.2, 0) is 9.59 Å². The van der Waals surface area contributed by atoms with Gasteiger partial charge in [-0.25, -0.2) is 0 Å². The molecule has 0 saturated carbocycles. The summed E-state index contributed by atoms with van der Waals surface area (Å²) in [7, 11) is 2.15. The first-order valence-electron chi connectivity index (χ1n) is 9.62. The van der Waals surface area contributed by atoms with Crippen molar-refractivity contribution < 1.29 is 9.59 Å². The Balaban J connectivity index is 1.62. The number of likely N-dealkylation sites (N-methyl/N-ethyl adjacent to an activating group) is 1. The van der Waals surface area contributed by atoms with Crippen molar-refractivity contribution in [3.8, 4) is 0 Å². The van der Waals surface area contributed by atoms with E-state index in [-0.39, 0.29) is 23.8 Å². The molecule has 1 aromatic rings. The Bertz CT molecular complexity index is 638. The Hall–Kier alpha value is -2.08. The summed E-state index contributed by atoms with van der Waals surface area (Å²) in [4.78, 5) is 31.2. The fraction of sp³-hybridized carbons (Fsp3) is 0.600. The summed E-state index contributed by atoms with van der Waals surface area (Å²) in [5.41, 5.74) is 2.08. The molecule has 0 aliphatic carbocycles. The van der Waals surface area contributed by atoms with E-state index in [4.69, 9.17) is 0 Å². The van der Waals surface area contributed by atoms with Crippen molar-refractivity contribution in [1.29, 1.82) is 0 Å². The molecule has 2 saturated heterocycles. The van der Waals surface area contributed by atoms with E-state index < -0.39 is 0 Å². The molecule has 0 aromatic heterocycles. The van der Waals surface area contributed by atoms with Gasteiger partial charge in [-0.1, -0.05) is 6.92 Å². The number of nitrogens with zero attached hydrogens (tertiary/aromatic N) is 3. The minimum absolute atomic E-state index is 0.00995. The van der Waals surface area contributed by atoms with E-state index in [9.17, 15) is 9.59 Å². The van der Waals surface area contributed by atoms with Gasteiger partial charge in [-0.15, -0.1) is 0 Å². The van der Waals surface area contributed by atoms with Crippen molar-refractivity contribution >= 4 is 23.2 Å². The van der Waals surface area contributed by atoms with Crippen LogP contribution >= 0.6 is 0 Å². The summed E-state index contributed by atoms with van der Waals surface area (Å²) in [6.45, 7) is 8.68. The van der Waals surface area contributed by atoms with Gasteiger partial charge in [0.05, 0.1) is 5.92 Å². The van der Waals surface area contributed by atoms with Gasteiger partial charge < -0.3 is 20.0 Å². The third-order valence-electron chi connectivity index (χ3n) is 5.53. The summed E-state index contributed by atoms with van der Waals surface area (Å²) in [5, 5.41) is 2.99. The first-order valence-corrected chi connectivity index (χ1v) is 9.62. The maximum absolute atomic E-state index is 12.4. The summed E-state index contributed by atoms with van der Waals surface area (Å²) in [5.74, 6) is -0.236. The molecule has 26 heavy (non-hydrogen) atoms. The lowest BCUT2D eigenvalue weighted by Gasteiger charge is -2.34. The van der Waals surface area contributed by atoms with E-state index in [1.54, 1.807) is 4.90 Å². The number of piperazine rings is 1. The summed E-state index contributed by atoms with van der Waals surface area (Å²) < 4.78 is 0. The average molecular weight is 358 g/mol. The average Bonchev–Trinajstić information content (AvgIpc) is 3.04. The van der Waals surface area contributed by atoms with Crippen molar-refractivity contribution in [2.24, 2.45) is 5.92 Å². The topological polar surface area (TPSA) is 55.9 Å². The van der Waals surface area contributed by atoms with Crippen molar-refractivity contribution in [3.63, 3.8) is 0 Å². The molecule has 1 aromatic carbocycles. The summed E-state index contributed by atoms with van der Waals surface area (Å²) >= 11 is 0. The maximum atomic E-state index is 12.4. The molecule has 2 unspecified atom stereocenters. The lowest BCUT2D eigenvalue weighted by atomic mass is 10.1. The Morgan fingerprint density at radius 1 is 1.15 bits per heavy atom. The molecule has 2 fully saturated rings. The number of carbonyl (C=O) groups is 2. The van der Waals surface area contributed by atoms with Crippen molar-refractivity contribution in [3.05, 3.63) is 24.3 Å². The van der Waals surface area contributed by atoms with E-state index in [1.165, 1.54) is 5.69 Å². The SMILES string of the molecule is CCC(C)NC(=O)C1CC(=O)N(c2ccc(N3CCN(C)CC3)cc2)C1. The molecule has 1 N–H and O–H groups in total. The summed E-state index contributed by atoms with van der Waals surface area (Å²) in [6.07, 6.45) is 1.19. The molecule has 6 nitrogen and oxygen atoms in total. The van der Waals surface area contributed by atoms with Crippen LogP contribution in [0.2, 0.25) is 0 Å². The second kappa shape index (κ2) is 8.08. The molecule has 142 valence electrons. The highest BCUT2D eigenvalue weighted by atomic mass is 16.2. The minimum atomic E-state index is -0.256. The lowest BCUT2D eigenvalue weighted by Crippen LogP contribution is -2.44. The van der Waals surface area contributed by atoms with Crippen molar-refractivity contribution in [2.45, 2.75) is 32.7 Å². The molecule has 2 amide bonds. The molecule has 2 heterocycles. The predicted octanol–water partition coefficient (Wildman–Crippen LogP) is 1.71.